The predicted octanol–water partition coefficient (Wildman–Crippen LogP) is 3.08. The van der Waals surface area contributed by atoms with Crippen molar-refractivity contribution in [3.63, 3.8) is 0 Å². The lowest BCUT2D eigenvalue weighted by Crippen LogP contribution is -2.65. The highest BCUT2D eigenvalue weighted by atomic mass is 127. The summed E-state index contributed by atoms with van der Waals surface area (Å²) < 4.78 is 5.89. The van der Waals surface area contributed by atoms with Crippen LogP contribution in [0.15, 0.2) is 0 Å². The molecule has 214 valence electrons. The van der Waals surface area contributed by atoms with Crippen molar-refractivity contribution in [2.75, 3.05) is 13.6 Å². The zero-order chi connectivity index (χ0) is 27.7. The highest BCUT2D eigenvalue weighted by Gasteiger charge is 2.67. The Morgan fingerprint density at radius 2 is 1.68 bits per heavy atom. The number of carboxylic acids is 2. The van der Waals surface area contributed by atoms with Crippen molar-refractivity contribution in [3.8, 4) is 0 Å². The van der Waals surface area contributed by atoms with Gasteiger partial charge in [0.15, 0.2) is 0 Å². The molecule has 0 saturated heterocycles. The van der Waals surface area contributed by atoms with Crippen LogP contribution in [0.2, 0.25) is 0 Å². The third-order valence-electron chi connectivity index (χ3n) is 10.8. The van der Waals surface area contributed by atoms with E-state index in [1.165, 1.54) is 0 Å². The molecule has 4 saturated carbocycles. The van der Waals surface area contributed by atoms with Gasteiger partial charge in [0.25, 0.3) is 0 Å². The zero-order valence-electron chi connectivity index (χ0n) is 22.5. The van der Waals surface area contributed by atoms with E-state index in [0.29, 0.717) is 32.1 Å². The maximum Gasteiger partial charge on any atom is 0.317 e. The highest BCUT2D eigenvalue weighted by Crippen LogP contribution is 2.68. The van der Waals surface area contributed by atoms with Gasteiger partial charge in [-0.1, -0.05) is 20.8 Å². The van der Waals surface area contributed by atoms with Gasteiger partial charge < -0.3 is 33.9 Å². The number of hydrogen-bond donors (Lipinski definition) is 6. The Morgan fingerprint density at radius 3 is 2.22 bits per heavy atom. The van der Waals surface area contributed by atoms with Crippen LogP contribution in [0.5, 0.6) is 0 Å². The lowest BCUT2D eigenvalue weighted by Gasteiger charge is -2.64. The lowest BCUT2D eigenvalue weighted by molar-refractivity contribution is -0.226. The Morgan fingerprint density at radius 1 is 1.00 bits per heavy atom. The molecule has 0 aromatic carbocycles. The number of aliphatic carboxylic acids is 2. The second-order valence-electron chi connectivity index (χ2n) is 12.5. The quantitative estimate of drug-likeness (QED) is 0.231. The molecule has 6 N–H and O–H groups in total. The first-order valence-electron chi connectivity index (χ1n) is 13.7. The summed E-state index contributed by atoms with van der Waals surface area (Å²) in [4.78, 5) is 20.7. The van der Waals surface area contributed by atoms with Gasteiger partial charge in [-0.15, -0.1) is 0 Å². The molecule has 4 aliphatic rings. The molecule has 0 aromatic rings. The van der Waals surface area contributed by atoms with Crippen LogP contribution in [-0.4, -0.2) is 75.5 Å². The van der Waals surface area contributed by atoms with Crippen molar-refractivity contribution in [1.29, 1.82) is 0 Å². The fourth-order valence-electron chi connectivity index (χ4n) is 9.01. The molecular formula is C27H46INO8. The summed E-state index contributed by atoms with van der Waals surface area (Å²) in [7, 11) is 1.59. The SMILES string of the molecule is CNCC(=O)O.C[C@H](CCC(=O)O)[C@H]1CCC2C3C(C[C@H](O)[C@@]21C)[C@@]1(C)C(OI)C[C@@H](O)C[C@H]1C[C@H]3O. The van der Waals surface area contributed by atoms with Crippen LogP contribution < -0.4 is 5.32 Å². The number of carboxylic acid groups (broad SMARTS) is 2. The Labute approximate surface area is 234 Å². The fraction of sp³-hybridized carbons (Fsp3) is 0.926. The van der Waals surface area contributed by atoms with E-state index in [1.54, 1.807) is 7.05 Å². The third kappa shape index (κ3) is 5.84. The first-order valence-corrected chi connectivity index (χ1v) is 14.6. The maximum absolute atomic E-state index is 11.6. The van der Waals surface area contributed by atoms with Crippen molar-refractivity contribution in [3.05, 3.63) is 0 Å². The van der Waals surface area contributed by atoms with Crippen molar-refractivity contribution >= 4 is 34.9 Å². The molecule has 0 heterocycles. The summed E-state index contributed by atoms with van der Waals surface area (Å²) in [5.41, 5.74) is -0.461. The van der Waals surface area contributed by atoms with E-state index in [9.17, 15) is 24.9 Å². The predicted molar refractivity (Wildman–Crippen MR) is 146 cm³/mol. The minimum absolute atomic E-state index is 0.0417. The van der Waals surface area contributed by atoms with Gasteiger partial charge in [0, 0.05) is 18.3 Å². The molecule has 37 heavy (non-hydrogen) atoms. The standard InChI is InChI=1S/C24H39IO6.C3H7NO2/c1-12(4-7-21(29)30)15-5-6-16-22-17(11-19(28)24(15,16)3)23(2)13(9-18(22)27)8-14(26)10-20(23)31-25;1-4-2-3(5)6/h12-20,22,26-28H,4-11H2,1-3H3,(H,29,30);4H,2H2,1H3,(H,5,6)/t12-,13+,14+,15-,16?,17?,18-,19+,20?,22?,23+,24-;/m1./s1. The number of aliphatic hydroxyl groups excluding tert-OH is 3. The zero-order valence-corrected chi connectivity index (χ0v) is 24.6. The Hall–Kier alpha value is -0.530. The van der Waals surface area contributed by atoms with Crippen molar-refractivity contribution in [2.24, 2.45) is 46.3 Å². The van der Waals surface area contributed by atoms with Crippen LogP contribution in [0.3, 0.4) is 0 Å². The summed E-state index contributed by atoms with van der Waals surface area (Å²) in [6.45, 7) is 6.65. The van der Waals surface area contributed by atoms with Gasteiger partial charge >= 0.3 is 11.9 Å². The van der Waals surface area contributed by atoms with Crippen molar-refractivity contribution < 1.29 is 38.2 Å². The molecule has 0 spiro atoms. The Bertz CT molecular complexity index is 815. The van der Waals surface area contributed by atoms with E-state index in [4.69, 9.17) is 13.3 Å². The molecular weight excluding hydrogens is 593 g/mol. The molecule has 4 aliphatic carbocycles. The van der Waals surface area contributed by atoms with Gasteiger partial charge in [0.2, 0.25) is 0 Å². The van der Waals surface area contributed by atoms with Gasteiger partial charge in [-0.3, -0.25) is 9.59 Å². The summed E-state index contributed by atoms with van der Waals surface area (Å²) >= 11 is 1.97. The van der Waals surface area contributed by atoms with Crippen LogP contribution in [-0.2, 0) is 12.7 Å². The van der Waals surface area contributed by atoms with Gasteiger partial charge in [-0.2, -0.15) is 0 Å². The Balaban J connectivity index is 0.000000568. The minimum Gasteiger partial charge on any atom is -0.481 e. The molecule has 0 amide bonds. The third-order valence-corrected chi connectivity index (χ3v) is 11.4. The normalized spacial score (nSPS) is 45.5. The second kappa shape index (κ2) is 12.3. The van der Waals surface area contributed by atoms with E-state index in [-0.39, 0.29) is 65.4 Å². The smallest absolute Gasteiger partial charge is 0.317 e. The number of fused-ring (bicyclic) bond motifs is 5. The lowest BCUT2D eigenvalue weighted by atomic mass is 9.42. The van der Waals surface area contributed by atoms with Crippen LogP contribution in [0, 0.1) is 46.3 Å². The topological polar surface area (TPSA) is 157 Å². The summed E-state index contributed by atoms with van der Waals surface area (Å²) in [6.07, 6.45) is 4.04. The van der Waals surface area contributed by atoms with Crippen LogP contribution in [0.4, 0.5) is 0 Å². The molecule has 0 bridgehead atoms. The van der Waals surface area contributed by atoms with E-state index in [0.717, 1.165) is 12.8 Å². The van der Waals surface area contributed by atoms with E-state index in [2.05, 4.69) is 26.1 Å². The monoisotopic (exact) mass is 639 g/mol. The maximum atomic E-state index is 11.6. The van der Waals surface area contributed by atoms with Gasteiger partial charge in [0.1, 0.15) is 23.0 Å². The van der Waals surface area contributed by atoms with E-state index < -0.39 is 30.3 Å². The molecule has 4 rings (SSSR count). The molecule has 10 heteroatoms. The largest absolute Gasteiger partial charge is 0.481 e. The summed E-state index contributed by atoms with van der Waals surface area (Å²) in [5, 5.41) is 52.8. The first kappa shape index (κ1) is 31.0. The number of likely N-dealkylation sites (N-methyl/N-ethyl adjacent to an activating group) is 1. The van der Waals surface area contributed by atoms with Gasteiger partial charge in [-0.05, 0) is 86.5 Å². The van der Waals surface area contributed by atoms with Gasteiger partial charge in [0.05, 0.1) is 31.0 Å². The minimum atomic E-state index is -0.822. The highest BCUT2D eigenvalue weighted by molar-refractivity contribution is 14.1. The van der Waals surface area contributed by atoms with Crippen LogP contribution >= 0.6 is 23.0 Å². The summed E-state index contributed by atoms with van der Waals surface area (Å²) in [5.74, 6) is -0.375. The number of aliphatic hydroxyl groups is 3. The van der Waals surface area contributed by atoms with Gasteiger partial charge in [-0.25, -0.2) is 0 Å². The number of hydrogen-bond acceptors (Lipinski definition) is 7. The Kier molecular flexibility index (Phi) is 10.3. The van der Waals surface area contributed by atoms with Crippen LogP contribution in [0.25, 0.3) is 0 Å². The molecule has 9 nitrogen and oxygen atoms in total. The molecule has 12 atom stereocenters. The average molecular weight is 640 g/mol. The average Bonchev–Trinajstić information content (AvgIpc) is 3.17. The fourth-order valence-corrected chi connectivity index (χ4v) is 9.77. The molecule has 0 aliphatic heterocycles. The van der Waals surface area contributed by atoms with E-state index in [1.807, 2.05) is 23.0 Å². The van der Waals surface area contributed by atoms with Crippen molar-refractivity contribution in [2.45, 2.75) is 96.6 Å². The van der Waals surface area contributed by atoms with E-state index >= 15 is 0 Å². The molecule has 4 unspecified atom stereocenters. The molecule has 0 radical (unpaired) electrons. The number of carbonyl (C=O) groups is 2. The number of nitrogens with one attached hydrogen (secondary N) is 1. The van der Waals surface area contributed by atoms with Crippen molar-refractivity contribution in [1.82, 2.24) is 5.32 Å². The van der Waals surface area contributed by atoms with Crippen LogP contribution in [0.1, 0.15) is 72.1 Å². The molecule has 4 fully saturated rings. The number of rotatable bonds is 7. The summed E-state index contributed by atoms with van der Waals surface area (Å²) in [6, 6.07) is 0. The first-order chi connectivity index (χ1) is 17.3. The number of halogens is 1. The second-order valence-corrected chi connectivity index (χ2v) is 13.0. The molecule has 0 aromatic heterocycles.